The smallest absolute Gasteiger partial charge is 0.333 e. The summed E-state index contributed by atoms with van der Waals surface area (Å²) in [5.74, 6) is -2.47. The fraction of sp³-hybridized carbons (Fsp3) is 0.333. The third-order valence-electron chi connectivity index (χ3n) is 7.41. The predicted octanol–water partition coefficient (Wildman–Crippen LogP) is 3.56. The zero-order valence-electron chi connectivity index (χ0n) is 25.3. The maximum atomic E-state index is 12.1. The molecule has 0 unspecified atom stereocenters. The molecule has 4 amide bonds. The highest BCUT2D eigenvalue weighted by Gasteiger charge is 2.36. The Morgan fingerprint density at radius 3 is 1.43 bits per heavy atom. The van der Waals surface area contributed by atoms with E-state index in [1.165, 1.54) is 11.3 Å². The zero-order valence-corrected chi connectivity index (χ0v) is 26.1. The molecule has 1 aromatic heterocycles. The van der Waals surface area contributed by atoms with Crippen molar-refractivity contribution in [3.8, 4) is 11.5 Å². The van der Waals surface area contributed by atoms with Gasteiger partial charge in [0.2, 0.25) is 0 Å². The first-order valence-corrected chi connectivity index (χ1v) is 15.9. The van der Waals surface area contributed by atoms with Crippen molar-refractivity contribution in [1.29, 1.82) is 0 Å². The molecule has 0 spiro atoms. The first-order valence-electron chi connectivity index (χ1n) is 15.0. The Hall–Kier alpha value is -5.08. The van der Waals surface area contributed by atoms with Crippen molar-refractivity contribution in [1.82, 2.24) is 10.1 Å². The van der Waals surface area contributed by atoms with Crippen LogP contribution in [0.4, 0.5) is 0 Å². The van der Waals surface area contributed by atoms with Crippen molar-refractivity contribution >= 4 is 46.9 Å². The van der Waals surface area contributed by atoms with Crippen LogP contribution >= 0.6 is 11.3 Å². The predicted molar refractivity (Wildman–Crippen MR) is 163 cm³/mol. The van der Waals surface area contributed by atoms with E-state index >= 15 is 0 Å². The Labute approximate surface area is 273 Å². The van der Waals surface area contributed by atoms with Crippen molar-refractivity contribution < 1.29 is 53.0 Å². The first-order chi connectivity index (χ1) is 22.6. The normalized spacial score (nSPS) is 14.9. The molecule has 2 saturated heterocycles. The number of rotatable bonds is 15. The van der Waals surface area contributed by atoms with Crippen LogP contribution in [0.2, 0.25) is 0 Å². The molecule has 246 valence electrons. The number of nitrogens with zero attached hydrogens (tertiary/aromatic N) is 2. The minimum atomic E-state index is -1.48. The highest BCUT2D eigenvalue weighted by atomic mass is 32.1. The van der Waals surface area contributed by atoms with Crippen molar-refractivity contribution in [3.05, 3.63) is 82.0 Å². The Balaban J connectivity index is 1.12. The number of aliphatic hydroxyl groups is 1. The second-order valence-electron chi connectivity index (χ2n) is 10.7. The number of amides is 4. The molecule has 0 saturated carbocycles. The number of carbonyl (C=O) groups is 6. The number of benzene rings is 2. The summed E-state index contributed by atoms with van der Waals surface area (Å²) in [6.07, 6.45) is 0.652. The molecule has 2 aromatic carbocycles. The van der Waals surface area contributed by atoms with Gasteiger partial charge in [0.25, 0.3) is 23.6 Å². The minimum absolute atomic E-state index is 0.0323. The van der Waals surface area contributed by atoms with Crippen LogP contribution in [0.1, 0.15) is 67.4 Å². The average molecular weight is 665 g/mol. The summed E-state index contributed by atoms with van der Waals surface area (Å²) in [5, 5.41) is 15.0. The maximum Gasteiger partial charge on any atom is 0.333 e. The van der Waals surface area contributed by atoms with Crippen LogP contribution in [-0.4, -0.2) is 64.0 Å². The van der Waals surface area contributed by atoms with Crippen molar-refractivity contribution in [3.63, 3.8) is 0 Å². The zero-order chi connectivity index (χ0) is 33.4. The number of carbonyl (C=O) groups excluding carboxylic acids is 6. The van der Waals surface area contributed by atoms with Crippen molar-refractivity contribution in [2.24, 2.45) is 0 Å². The monoisotopic (exact) mass is 664 g/mol. The van der Waals surface area contributed by atoms with Gasteiger partial charge in [-0.1, -0.05) is 30.3 Å². The van der Waals surface area contributed by atoms with Gasteiger partial charge in [-0.2, -0.15) is 0 Å². The number of ether oxygens (including phenoxy) is 2. The van der Waals surface area contributed by atoms with Gasteiger partial charge in [0, 0.05) is 30.6 Å². The molecule has 0 radical (unpaired) electrons. The fourth-order valence-electron chi connectivity index (χ4n) is 4.94. The molecule has 0 bridgehead atoms. The summed E-state index contributed by atoms with van der Waals surface area (Å²) in [6.45, 7) is 0.373. The lowest BCUT2D eigenvalue weighted by Gasteiger charge is -2.29. The van der Waals surface area contributed by atoms with Crippen molar-refractivity contribution in [2.75, 3.05) is 13.2 Å². The van der Waals surface area contributed by atoms with Gasteiger partial charge in [0.1, 0.15) is 17.1 Å². The average Bonchev–Trinajstić information content (AvgIpc) is 3.81. The quantitative estimate of drug-likeness (QED) is 0.186. The summed E-state index contributed by atoms with van der Waals surface area (Å²) >= 11 is 1.40. The molecule has 2 aliphatic heterocycles. The van der Waals surface area contributed by atoms with Crippen LogP contribution < -0.4 is 9.47 Å². The number of thiophene rings is 1. The van der Waals surface area contributed by atoms with Crippen LogP contribution in [0.25, 0.3) is 0 Å². The van der Waals surface area contributed by atoms with Gasteiger partial charge in [-0.05, 0) is 59.7 Å². The van der Waals surface area contributed by atoms with Crippen LogP contribution in [0.5, 0.6) is 11.5 Å². The molecule has 47 heavy (non-hydrogen) atoms. The SMILES string of the molecule is O=C(CCCOc1ccc(C(O)(c2ccc(OCCCC(=O)ON3C(=O)CCC3=O)cc2)c2cccs2)cc1)ON1C(=O)CCC1=O. The molecule has 2 fully saturated rings. The maximum absolute atomic E-state index is 12.1. The van der Waals surface area contributed by atoms with Gasteiger partial charge < -0.3 is 24.3 Å². The molecule has 2 aliphatic rings. The molecule has 0 aliphatic carbocycles. The van der Waals surface area contributed by atoms with E-state index < -0.39 is 41.2 Å². The van der Waals surface area contributed by atoms with Gasteiger partial charge in [-0.15, -0.1) is 21.5 Å². The van der Waals surface area contributed by atoms with E-state index in [1.807, 2.05) is 17.5 Å². The Morgan fingerprint density at radius 1 is 0.660 bits per heavy atom. The molecular weight excluding hydrogens is 632 g/mol. The van der Waals surface area contributed by atoms with Gasteiger partial charge in [-0.3, -0.25) is 19.2 Å². The van der Waals surface area contributed by atoms with E-state index in [9.17, 15) is 33.9 Å². The van der Waals surface area contributed by atoms with E-state index in [2.05, 4.69) is 0 Å². The van der Waals surface area contributed by atoms with Gasteiger partial charge in [-0.25, -0.2) is 9.59 Å². The van der Waals surface area contributed by atoms with E-state index in [1.54, 1.807) is 48.5 Å². The highest BCUT2D eigenvalue weighted by molar-refractivity contribution is 7.10. The molecule has 1 N–H and O–H groups in total. The van der Waals surface area contributed by atoms with Crippen LogP contribution in [-0.2, 0) is 44.0 Å². The van der Waals surface area contributed by atoms with Gasteiger partial charge >= 0.3 is 11.9 Å². The molecule has 13 nitrogen and oxygen atoms in total. The van der Waals surface area contributed by atoms with Crippen LogP contribution in [0.15, 0.2) is 66.0 Å². The number of hydrogen-bond donors (Lipinski definition) is 1. The molecule has 14 heteroatoms. The lowest BCUT2D eigenvalue weighted by Crippen LogP contribution is -2.32. The van der Waals surface area contributed by atoms with Crippen LogP contribution in [0, 0.1) is 0 Å². The van der Waals surface area contributed by atoms with Gasteiger partial charge in [0.15, 0.2) is 0 Å². The minimum Gasteiger partial charge on any atom is -0.494 e. The molecule has 5 rings (SSSR count). The Morgan fingerprint density at radius 2 is 1.06 bits per heavy atom. The fourth-order valence-corrected chi connectivity index (χ4v) is 5.81. The molecule has 3 aromatic rings. The van der Waals surface area contributed by atoms with Crippen LogP contribution in [0.3, 0.4) is 0 Å². The van der Waals surface area contributed by atoms with E-state index in [-0.39, 0.29) is 51.7 Å². The van der Waals surface area contributed by atoms with E-state index in [4.69, 9.17) is 19.1 Å². The molecule has 3 heterocycles. The second-order valence-corrected chi connectivity index (χ2v) is 11.7. The van der Waals surface area contributed by atoms with E-state index in [0.717, 1.165) is 0 Å². The summed E-state index contributed by atoms with van der Waals surface area (Å²) in [5.41, 5.74) is -0.288. The lowest BCUT2D eigenvalue weighted by molar-refractivity contribution is -0.197. The summed E-state index contributed by atoms with van der Waals surface area (Å²) < 4.78 is 11.5. The Bertz CT molecular complexity index is 1490. The molecular formula is C33H32N2O11S. The van der Waals surface area contributed by atoms with Gasteiger partial charge in [0.05, 0.1) is 26.1 Å². The number of hydroxylamine groups is 4. The number of imide groups is 2. The van der Waals surface area contributed by atoms with Crippen molar-refractivity contribution in [2.45, 2.75) is 57.0 Å². The highest BCUT2D eigenvalue weighted by Crippen LogP contribution is 2.40. The molecule has 0 atom stereocenters. The topological polar surface area (TPSA) is 166 Å². The summed E-state index contributed by atoms with van der Waals surface area (Å²) in [4.78, 5) is 80.7. The Kier molecular flexibility index (Phi) is 10.6. The second kappa shape index (κ2) is 15.0. The summed E-state index contributed by atoms with van der Waals surface area (Å²) in [7, 11) is 0. The van der Waals surface area contributed by atoms with E-state index in [0.29, 0.717) is 50.5 Å². The standard InChI is InChI=1S/C33H32N2O11S/c36-27-15-16-28(37)34(27)45-31(40)5-1-19-43-24-11-7-22(8-12-24)33(42,26-4-3-21-47-26)23-9-13-25(14-10-23)44-20-2-6-32(41)46-35-29(38)17-18-30(35)39/h3-4,7-14,21,42H,1-2,5-6,15-20H2. The lowest BCUT2D eigenvalue weighted by atomic mass is 9.85. The summed E-state index contributed by atoms with van der Waals surface area (Å²) in [6, 6.07) is 17.5. The number of hydrogen-bond acceptors (Lipinski definition) is 12. The third kappa shape index (κ3) is 8.02. The largest absolute Gasteiger partial charge is 0.494 e. The third-order valence-corrected chi connectivity index (χ3v) is 8.39. The first kappa shape index (κ1) is 33.3.